The van der Waals surface area contributed by atoms with E-state index in [9.17, 15) is 22.8 Å². The highest BCUT2D eigenvalue weighted by Gasteiger charge is 2.43. The summed E-state index contributed by atoms with van der Waals surface area (Å²) in [7, 11) is -1.90. The molecular formula is C26H43N5O5S. The van der Waals surface area contributed by atoms with Gasteiger partial charge in [-0.2, -0.15) is 4.31 Å². The summed E-state index contributed by atoms with van der Waals surface area (Å²) in [4.78, 5) is 40.0. The first-order chi connectivity index (χ1) is 17.1. The van der Waals surface area contributed by atoms with Crippen molar-refractivity contribution in [2.45, 2.75) is 71.6 Å². The van der Waals surface area contributed by atoms with Crippen molar-refractivity contribution in [1.29, 1.82) is 0 Å². The molecule has 2 rings (SSSR count). The van der Waals surface area contributed by atoms with Gasteiger partial charge in [0.2, 0.25) is 27.7 Å². The number of likely N-dealkylation sites (tertiary alicyclic amines) is 1. The summed E-state index contributed by atoms with van der Waals surface area (Å²) < 4.78 is 26.8. The Hall–Kier alpha value is -2.50. The SMILES string of the molecule is CN[C@@H](C)C(=O)N[C@H](C(=O)N1C[C@@H](NC(C)=O)C[C@H]1CN(CCc1ccccc1)S(C)(=O)=O)C(C)(C)C. The third-order valence-electron chi connectivity index (χ3n) is 6.71. The molecule has 1 aliphatic rings. The van der Waals surface area contributed by atoms with Gasteiger partial charge in [-0.3, -0.25) is 14.4 Å². The van der Waals surface area contributed by atoms with Crippen LogP contribution in [0.25, 0.3) is 0 Å². The van der Waals surface area contributed by atoms with Crippen LogP contribution in [-0.4, -0.2) is 92.4 Å². The zero-order valence-corrected chi connectivity index (χ0v) is 23.9. The number of carbonyl (C=O) groups excluding carboxylic acids is 3. The lowest BCUT2D eigenvalue weighted by Crippen LogP contribution is -2.59. The van der Waals surface area contributed by atoms with E-state index >= 15 is 0 Å². The highest BCUT2D eigenvalue weighted by molar-refractivity contribution is 7.88. The number of nitrogens with one attached hydrogen (secondary N) is 3. The second-order valence-corrected chi connectivity index (χ2v) is 12.9. The Morgan fingerprint density at radius 3 is 2.30 bits per heavy atom. The maximum absolute atomic E-state index is 13.9. The summed E-state index contributed by atoms with van der Waals surface area (Å²) in [5, 5.41) is 8.63. The topological polar surface area (TPSA) is 128 Å². The average molecular weight is 538 g/mol. The highest BCUT2D eigenvalue weighted by atomic mass is 32.2. The van der Waals surface area contributed by atoms with Crippen molar-refractivity contribution in [3.8, 4) is 0 Å². The van der Waals surface area contributed by atoms with Crippen LogP contribution in [0.5, 0.6) is 0 Å². The van der Waals surface area contributed by atoms with Gasteiger partial charge in [-0.05, 0) is 37.8 Å². The normalized spacial score (nSPS) is 19.9. The number of nitrogens with zero attached hydrogens (tertiary/aromatic N) is 2. The first-order valence-corrected chi connectivity index (χ1v) is 14.5. The number of carbonyl (C=O) groups is 3. The number of rotatable bonds is 11. The Kier molecular flexibility index (Phi) is 10.7. The van der Waals surface area contributed by atoms with Gasteiger partial charge in [0, 0.05) is 38.6 Å². The highest BCUT2D eigenvalue weighted by Crippen LogP contribution is 2.27. The number of amides is 3. The first-order valence-electron chi connectivity index (χ1n) is 12.7. The lowest BCUT2D eigenvalue weighted by molar-refractivity contribution is -0.140. The summed E-state index contributed by atoms with van der Waals surface area (Å²) in [5.41, 5.74) is 0.418. The monoisotopic (exact) mass is 537 g/mol. The van der Waals surface area contributed by atoms with Crippen LogP contribution < -0.4 is 16.0 Å². The number of hydrogen-bond donors (Lipinski definition) is 3. The molecule has 0 radical (unpaired) electrons. The van der Waals surface area contributed by atoms with Gasteiger partial charge >= 0.3 is 0 Å². The summed E-state index contributed by atoms with van der Waals surface area (Å²) in [6.07, 6.45) is 2.12. The number of likely N-dealkylation sites (N-methyl/N-ethyl adjacent to an activating group) is 1. The minimum absolute atomic E-state index is 0.102. The van der Waals surface area contributed by atoms with E-state index in [0.29, 0.717) is 12.8 Å². The van der Waals surface area contributed by atoms with Gasteiger partial charge in [-0.25, -0.2) is 8.42 Å². The van der Waals surface area contributed by atoms with Crippen molar-refractivity contribution in [3.63, 3.8) is 0 Å². The van der Waals surface area contributed by atoms with Crippen LogP contribution in [0.4, 0.5) is 0 Å². The second-order valence-electron chi connectivity index (χ2n) is 11.0. The molecule has 3 N–H and O–H groups in total. The van der Waals surface area contributed by atoms with Gasteiger partial charge in [0.15, 0.2) is 0 Å². The molecule has 208 valence electrons. The van der Waals surface area contributed by atoms with Gasteiger partial charge in [0.05, 0.1) is 12.3 Å². The van der Waals surface area contributed by atoms with E-state index in [1.165, 1.54) is 17.5 Å². The molecule has 1 aromatic carbocycles. The molecule has 3 amide bonds. The molecule has 1 aromatic rings. The van der Waals surface area contributed by atoms with Crippen molar-refractivity contribution in [1.82, 2.24) is 25.2 Å². The molecule has 1 fully saturated rings. The third-order valence-corrected chi connectivity index (χ3v) is 7.98. The minimum Gasteiger partial charge on any atom is -0.352 e. The van der Waals surface area contributed by atoms with Crippen molar-refractivity contribution >= 4 is 27.7 Å². The van der Waals surface area contributed by atoms with Crippen LogP contribution in [0.2, 0.25) is 0 Å². The molecule has 0 spiro atoms. The second kappa shape index (κ2) is 12.8. The molecule has 37 heavy (non-hydrogen) atoms. The molecule has 1 heterocycles. The summed E-state index contributed by atoms with van der Waals surface area (Å²) >= 11 is 0. The Bertz CT molecular complexity index is 1040. The molecular weight excluding hydrogens is 494 g/mol. The quantitative estimate of drug-likeness (QED) is 0.382. The number of sulfonamides is 1. The molecule has 0 saturated carbocycles. The number of hydrogen-bond acceptors (Lipinski definition) is 6. The predicted molar refractivity (Wildman–Crippen MR) is 144 cm³/mol. The number of benzene rings is 1. The Labute approximate surface area is 221 Å². The Morgan fingerprint density at radius 2 is 1.78 bits per heavy atom. The standard InChI is InChI=1S/C26H43N5O5S/c1-18(27-6)24(33)29-23(26(3,4)5)25(34)31-16-21(28-19(2)32)15-22(31)17-30(37(7,35)36)14-13-20-11-9-8-10-12-20/h8-12,18,21-23,27H,13-17H2,1-7H3,(H,28,32)(H,29,33)/t18-,21-,22-,23+/m0/s1. The van der Waals surface area contributed by atoms with E-state index in [1.54, 1.807) is 18.9 Å². The maximum atomic E-state index is 13.9. The van der Waals surface area contributed by atoms with Crippen LogP contribution in [0.3, 0.4) is 0 Å². The summed E-state index contributed by atoms with van der Waals surface area (Å²) in [6.45, 7) is 9.36. The van der Waals surface area contributed by atoms with Gasteiger partial charge in [-0.15, -0.1) is 0 Å². The van der Waals surface area contributed by atoms with Gasteiger partial charge in [0.25, 0.3) is 0 Å². The molecule has 1 saturated heterocycles. The average Bonchev–Trinajstić information content (AvgIpc) is 3.19. The Morgan fingerprint density at radius 1 is 1.16 bits per heavy atom. The van der Waals surface area contributed by atoms with E-state index < -0.39 is 33.6 Å². The van der Waals surface area contributed by atoms with Crippen LogP contribution in [-0.2, 0) is 30.8 Å². The molecule has 10 nitrogen and oxygen atoms in total. The van der Waals surface area contributed by atoms with Crippen LogP contribution >= 0.6 is 0 Å². The molecule has 0 bridgehead atoms. The van der Waals surface area contributed by atoms with E-state index in [-0.39, 0.29) is 43.4 Å². The summed E-state index contributed by atoms with van der Waals surface area (Å²) in [6, 6.07) is 7.53. The van der Waals surface area contributed by atoms with Gasteiger partial charge in [-0.1, -0.05) is 51.1 Å². The van der Waals surface area contributed by atoms with Gasteiger partial charge < -0.3 is 20.9 Å². The van der Waals surface area contributed by atoms with Gasteiger partial charge in [0.1, 0.15) is 6.04 Å². The van der Waals surface area contributed by atoms with E-state index in [0.717, 1.165) is 5.56 Å². The van der Waals surface area contributed by atoms with E-state index in [4.69, 9.17) is 0 Å². The Balaban J connectivity index is 2.32. The summed E-state index contributed by atoms with van der Waals surface area (Å²) in [5.74, 6) is -0.810. The molecule has 11 heteroatoms. The van der Waals surface area contributed by atoms with Crippen LogP contribution in [0.15, 0.2) is 30.3 Å². The zero-order chi connectivity index (χ0) is 28.0. The largest absolute Gasteiger partial charge is 0.352 e. The van der Waals surface area contributed by atoms with E-state index in [2.05, 4.69) is 16.0 Å². The van der Waals surface area contributed by atoms with Crippen molar-refractivity contribution in [2.75, 3.05) is 32.9 Å². The zero-order valence-electron chi connectivity index (χ0n) is 23.1. The lowest BCUT2D eigenvalue weighted by Gasteiger charge is -2.37. The molecule has 0 aromatic heterocycles. The fraction of sp³-hybridized carbons (Fsp3) is 0.654. The molecule has 4 atom stereocenters. The molecule has 0 aliphatic carbocycles. The van der Waals surface area contributed by atoms with Crippen molar-refractivity contribution in [3.05, 3.63) is 35.9 Å². The van der Waals surface area contributed by atoms with Crippen LogP contribution in [0.1, 0.15) is 46.6 Å². The smallest absolute Gasteiger partial charge is 0.246 e. The van der Waals surface area contributed by atoms with Crippen molar-refractivity contribution < 1.29 is 22.8 Å². The van der Waals surface area contributed by atoms with E-state index in [1.807, 2.05) is 51.1 Å². The lowest BCUT2D eigenvalue weighted by atomic mass is 9.85. The minimum atomic E-state index is -3.56. The fourth-order valence-electron chi connectivity index (χ4n) is 4.49. The first kappa shape index (κ1) is 30.7. The molecule has 0 unspecified atom stereocenters. The molecule has 1 aliphatic heterocycles. The van der Waals surface area contributed by atoms with Crippen molar-refractivity contribution in [2.24, 2.45) is 5.41 Å². The third kappa shape index (κ3) is 9.08. The van der Waals surface area contributed by atoms with Crippen LogP contribution in [0, 0.1) is 5.41 Å². The maximum Gasteiger partial charge on any atom is 0.246 e. The fourth-order valence-corrected chi connectivity index (χ4v) is 5.36. The predicted octanol–water partition coefficient (Wildman–Crippen LogP) is 0.735.